The van der Waals surface area contributed by atoms with Crippen LogP contribution < -0.4 is 15.9 Å². The normalized spacial score (nSPS) is 10.8. The first-order valence-electron chi connectivity index (χ1n) is 7.89. The Morgan fingerprint density at radius 2 is 2.11 bits per heavy atom. The SMILES string of the molecule is COc1ccc(NC(=O)CSc2nnc(-n3nc(C)cc3C)n2N)cc1Cl. The van der Waals surface area contributed by atoms with Crippen molar-refractivity contribution >= 4 is 35.0 Å². The number of benzene rings is 1. The number of aryl methyl sites for hydroxylation is 2. The van der Waals surface area contributed by atoms with Crippen LogP contribution in [-0.2, 0) is 4.79 Å². The van der Waals surface area contributed by atoms with Crippen LogP contribution >= 0.6 is 23.4 Å². The van der Waals surface area contributed by atoms with Gasteiger partial charge in [0.2, 0.25) is 11.1 Å². The third-order valence-electron chi connectivity index (χ3n) is 3.61. The van der Waals surface area contributed by atoms with Gasteiger partial charge in [0.15, 0.2) is 0 Å². The number of carbonyl (C=O) groups is 1. The molecule has 0 aliphatic rings. The number of nitrogens with one attached hydrogen (secondary N) is 1. The minimum atomic E-state index is -0.225. The summed E-state index contributed by atoms with van der Waals surface area (Å²) in [7, 11) is 1.53. The summed E-state index contributed by atoms with van der Waals surface area (Å²) in [5.74, 6) is 6.85. The molecule has 1 aromatic carbocycles. The molecular formula is C16H18ClN7O2S. The minimum absolute atomic E-state index is 0.107. The van der Waals surface area contributed by atoms with Gasteiger partial charge in [-0.15, -0.1) is 10.2 Å². The Morgan fingerprint density at radius 3 is 2.74 bits per heavy atom. The predicted octanol–water partition coefficient (Wildman–Crippen LogP) is 2.19. The van der Waals surface area contributed by atoms with E-state index in [1.165, 1.54) is 23.5 Å². The number of hydrogen-bond acceptors (Lipinski definition) is 7. The molecule has 9 nitrogen and oxygen atoms in total. The highest BCUT2D eigenvalue weighted by Gasteiger charge is 2.16. The number of halogens is 1. The summed E-state index contributed by atoms with van der Waals surface area (Å²) in [6, 6.07) is 6.92. The summed E-state index contributed by atoms with van der Waals surface area (Å²) in [6.45, 7) is 3.78. The maximum Gasteiger partial charge on any atom is 0.271 e. The Morgan fingerprint density at radius 1 is 1.33 bits per heavy atom. The lowest BCUT2D eigenvalue weighted by Crippen LogP contribution is -2.18. The fraction of sp³-hybridized carbons (Fsp3) is 0.250. The summed E-state index contributed by atoms with van der Waals surface area (Å²) in [5, 5.41) is 16.0. The summed E-state index contributed by atoms with van der Waals surface area (Å²) in [4.78, 5) is 12.2. The molecular weight excluding hydrogens is 390 g/mol. The van der Waals surface area contributed by atoms with Crippen LogP contribution in [0.4, 0.5) is 5.69 Å². The molecule has 3 N–H and O–H groups in total. The first kappa shape index (κ1) is 19.1. The van der Waals surface area contributed by atoms with E-state index in [9.17, 15) is 4.79 Å². The van der Waals surface area contributed by atoms with Crippen LogP contribution in [0.25, 0.3) is 5.95 Å². The monoisotopic (exact) mass is 407 g/mol. The number of aromatic nitrogens is 5. The molecule has 27 heavy (non-hydrogen) atoms. The Kier molecular flexibility index (Phi) is 5.57. The zero-order valence-electron chi connectivity index (χ0n) is 14.9. The molecule has 0 fully saturated rings. The third-order valence-corrected chi connectivity index (χ3v) is 4.85. The van der Waals surface area contributed by atoms with Gasteiger partial charge in [-0.3, -0.25) is 4.79 Å². The molecule has 0 saturated carbocycles. The second kappa shape index (κ2) is 7.89. The van der Waals surface area contributed by atoms with Crippen LogP contribution in [0.3, 0.4) is 0 Å². The molecule has 0 spiro atoms. The van der Waals surface area contributed by atoms with E-state index < -0.39 is 0 Å². The van der Waals surface area contributed by atoms with Crippen molar-refractivity contribution in [2.45, 2.75) is 19.0 Å². The molecule has 3 rings (SSSR count). The molecule has 0 aliphatic heterocycles. The van der Waals surface area contributed by atoms with Crippen LogP contribution in [0.1, 0.15) is 11.4 Å². The number of thioether (sulfide) groups is 1. The van der Waals surface area contributed by atoms with E-state index in [1.54, 1.807) is 22.9 Å². The van der Waals surface area contributed by atoms with Crippen molar-refractivity contribution in [2.75, 3.05) is 24.0 Å². The van der Waals surface area contributed by atoms with E-state index in [4.69, 9.17) is 22.2 Å². The zero-order valence-corrected chi connectivity index (χ0v) is 16.5. The van der Waals surface area contributed by atoms with Gasteiger partial charge >= 0.3 is 0 Å². The maximum atomic E-state index is 12.2. The smallest absolute Gasteiger partial charge is 0.271 e. The number of methoxy groups -OCH3 is 1. The zero-order chi connectivity index (χ0) is 19.6. The number of carbonyl (C=O) groups excluding carboxylic acids is 1. The molecule has 142 valence electrons. The Balaban J connectivity index is 1.64. The predicted molar refractivity (Wildman–Crippen MR) is 104 cm³/mol. The number of amides is 1. The number of ether oxygens (including phenoxy) is 1. The van der Waals surface area contributed by atoms with Crippen LogP contribution in [0, 0.1) is 13.8 Å². The van der Waals surface area contributed by atoms with Gasteiger partial charge < -0.3 is 15.9 Å². The van der Waals surface area contributed by atoms with E-state index >= 15 is 0 Å². The molecule has 2 heterocycles. The van der Waals surface area contributed by atoms with Crippen molar-refractivity contribution in [3.8, 4) is 11.7 Å². The molecule has 11 heteroatoms. The molecule has 3 aromatic rings. The van der Waals surface area contributed by atoms with Crippen molar-refractivity contribution in [1.29, 1.82) is 0 Å². The molecule has 0 radical (unpaired) electrons. The van der Waals surface area contributed by atoms with Crippen molar-refractivity contribution in [3.05, 3.63) is 40.7 Å². The summed E-state index contributed by atoms with van der Waals surface area (Å²) >= 11 is 7.22. The third kappa shape index (κ3) is 4.17. The highest BCUT2D eigenvalue weighted by molar-refractivity contribution is 7.99. The van der Waals surface area contributed by atoms with Crippen molar-refractivity contribution in [3.63, 3.8) is 0 Å². The molecule has 0 atom stereocenters. The minimum Gasteiger partial charge on any atom is -0.495 e. The van der Waals surface area contributed by atoms with Crippen molar-refractivity contribution in [1.82, 2.24) is 24.7 Å². The number of rotatable bonds is 6. The average molecular weight is 408 g/mol. The molecule has 0 saturated heterocycles. The standard InChI is InChI=1S/C16H18ClN7O2S/c1-9-6-10(2)24(22-9)15-20-21-16(23(15)18)27-8-14(25)19-11-4-5-13(26-3)12(17)7-11/h4-7H,8,18H2,1-3H3,(H,19,25). The second-order valence-electron chi connectivity index (χ2n) is 5.68. The van der Waals surface area contributed by atoms with Gasteiger partial charge in [-0.1, -0.05) is 23.4 Å². The molecule has 0 aliphatic carbocycles. The van der Waals surface area contributed by atoms with E-state index in [2.05, 4.69) is 20.6 Å². The van der Waals surface area contributed by atoms with Crippen LogP contribution in [0.15, 0.2) is 29.4 Å². The summed E-state index contributed by atoms with van der Waals surface area (Å²) in [5.41, 5.74) is 2.31. The van der Waals surface area contributed by atoms with E-state index in [1.807, 2.05) is 19.9 Å². The number of hydrogen-bond donors (Lipinski definition) is 2. The van der Waals surface area contributed by atoms with Gasteiger partial charge in [0.1, 0.15) is 5.75 Å². The van der Waals surface area contributed by atoms with Crippen LogP contribution in [0.2, 0.25) is 5.02 Å². The van der Waals surface area contributed by atoms with Crippen molar-refractivity contribution < 1.29 is 9.53 Å². The Labute approximate surface area is 164 Å². The molecule has 0 unspecified atom stereocenters. The van der Waals surface area contributed by atoms with E-state index in [0.717, 1.165) is 11.4 Å². The van der Waals surface area contributed by atoms with Gasteiger partial charge in [0.25, 0.3) is 5.95 Å². The topological polar surface area (TPSA) is 113 Å². The van der Waals surface area contributed by atoms with E-state index in [-0.39, 0.29) is 11.7 Å². The average Bonchev–Trinajstić information content (AvgIpc) is 3.14. The Bertz CT molecular complexity index is 985. The fourth-order valence-corrected chi connectivity index (χ4v) is 3.32. The summed E-state index contributed by atoms with van der Waals surface area (Å²) in [6.07, 6.45) is 0. The molecule has 2 aromatic heterocycles. The number of nitrogens with zero attached hydrogens (tertiary/aromatic N) is 5. The van der Waals surface area contributed by atoms with Crippen LogP contribution in [0.5, 0.6) is 5.75 Å². The highest BCUT2D eigenvalue weighted by Crippen LogP contribution is 2.27. The quantitative estimate of drug-likeness (QED) is 0.475. The largest absolute Gasteiger partial charge is 0.495 e. The van der Waals surface area contributed by atoms with E-state index in [0.29, 0.717) is 27.6 Å². The molecule has 1 amide bonds. The Hall–Kier alpha value is -2.72. The lowest BCUT2D eigenvalue weighted by molar-refractivity contribution is -0.113. The highest BCUT2D eigenvalue weighted by atomic mass is 35.5. The number of nitrogens with two attached hydrogens (primary N) is 1. The van der Waals surface area contributed by atoms with Gasteiger partial charge in [-0.25, -0.2) is 9.36 Å². The maximum absolute atomic E-state index is 12.2. The summed E-state index contributed by atoms with van der Waals surface area (Å²) < 4.78 is 7.99. The fourth-order valence-electron chi connectivity index (χ4n) is 2.41. The van der Waals surface area contributed by atoms with Crippen LogP contribution in [-0.4, -0.2) is 43.4 Å². The van der Waals surface area contributed by atoms with Gasteiger partial charge in [0.05, 0.1) is 23.6 Å². The second-order valence-corrected chi connectivity index (χ2v) is 7.03. The first-order chi connectivity index (χ1) is 12.9. The van der Waals surface area contributed by atoms with Crippen molar-refractivity contribution in [2.24, 2.45) is 0 Å². The van der Waals surface area contributed by atoms with Gasteiger partial charge in [-0.2, -0.15) is 5.10 Å². The first-order valence-corrected chi connectivity index (χ1v) is 9.25. The van der Waals surface area contributed by atoms with Gasteiger partial charge in [-0.05, 0) is 38.1 Å². The van der Waals surface area contributed by atoms with Gasteiger partial charge in [0, 0.05) is 11.4 Å². The number of nitrogen functional groups attached to an aromatic ring is 1. The lowest BCUT2D eigenvalue weighted by atomic mass is 10.3. The lowest BCUT2D eigenvalue weighted by Gasteiger charge is -2.08. The molecule has 0 bridgehead atoms. The number of anilines is 1.